The molecule has 0 aliphatic carbocycles. The van der Waals surface area contributed by atoms with Crippen LogP contribution in [0.3, 0.4) is 0 Å². The number of carbonyl (C=O) groups is 2. The molecule has 0 spiro atoms. The number of hydrogen-bond donors (Lipinski definition) is 1. The van der Waals surface area contributed by atoms with Crippen LogP contribution in [0, 0.1) is 0 Å². The normalized spacial score (nSPS) is 11.2. The Morgan fingerprint density at radius 3 is 2.60 bits per heavy atom. The molecule has 0 fully saturated rings. The number of benzene rings is 1. The molecule has 5 heteroatoms. The monoisotopic (exact) mass is 274 g/mol. The quantitative estimate of drug-likeness (QED) is 0.851. The number of Topliss-reactive ketones (excluding diaryl/α,β-unsaturated/α-hetero) is 1. The highest BCUT2D eigenvalue weighted by Crippen LogP contribution is 2.23. The van der Waals surface area contributed by atoms with Gasteiger partial charge in [0.15, 0.2) is 5.78 Å². The Kier molecular flexibility index (Phi) is 3.88. The number of ketones is 1. The maximum atomic E-state index is 11.7. The van der Waals surface area contributed by atoms with Crippen molar-refractivity contribution in [2.75, 3.05) is 0 Å². The predicted molar refractivity (Wildman–Crippen MR) is 76.1 cm³/mol. The van der Waals surface area contributed by atoms with Crippen LogP contribution in [0.2, 0.25) is 0 Å². The fraction of sp³-hybridized carbons (Fsp3) is 0.400. The number of imidazole rings is 1. The van der Waals surface area contributed by atoms with Crippen molar-refractivity contribution in [1.82, 2.24) is 9.55 Å². The van der Waals surface area contributed by atoms with Gasteiger partial charge in [0, 0.05) is 17.9 Å². The van der Waals surface area contributed by atoms with Crippen molar-refractivity contribution >= 4 is 22.8 Å². The van der Waals surface area contributed by atoms with Crippen molar-refractivity contribution in [3.63, 3.8) is 0 Å². The third-order valence-corrected chi connectivity index (χ3v) is 3.23. The van der Waals surface area contributed by atoms with E-state index in [2.05, 4.69) is 4.98 Å². The van der Waals surface area contributed by atoms with Crippen LogP contribution >= 0.6 is 0 Å². The standard InChI is InChI=1S/C15H18N2O3/c1-4-13(18)10-5-6-12-11(7-10)16-15(9(2)3)17(12)8-14(19)20/h5-7,9H,4,8H2,1-3H3,(H,19,20). The van der Waals surface area contributed by atoms with E-state index in [1.807, 2.05) is 20.8 Å². The summed E-state index contributed by atoms with van der Waals surface area (Å²) in [5.41, 5.74) is 2.05. The lowest BCUT2D eigenvalue weighted by Gasteiger charge is -2.08. The van der Waals surface area contributed by atoms with E-state index in [0.717, 1.165) is 11.3 Å². The lowest BCUT2D eigenvalue weighted by molar-refractivity contribution is -0.137. The van der Waals surface area contributed by atoms with Gasteiger partial charge in [-0.05, 0) is 18.2 Å². The highest BCUT2D eigenvalue weighted by Gasteiger charge is 2.16. The van der Waals surface area contributed by atoms with Crippen molar-refractivity contribution < 1.29 is 14.7 Å². The Hall–Kier alpha value is -2.17. The van der Waals surface area contributed by atoms with Gasteiger partial charge in [-0.2, -0.15) is 0 Å². The highest BCUT2D eigenvalue weighted by atomic mass is 16.4. The van der Waals surface area contributed by atoms with E-state index < -0.39 is 5.97 Å². The highest BCUT2D eigenvalue weighted by molar-refractivity contribution is 5.98. The van der Waals surface area contributed by atoms with Gasteiger partial charge in [-0.15, -0.1) is 0 Å². The van der Waals surface area contributed by atoms with E-state index in [9.17, 15) is 9.59 Å². The molecule has 0 radical (unpaired) electrons. The molecule has 20 heavy (non-hydrogen) atoms. The molecule has 0 bridgehead atoms. The Morgan fingerprint density at radius 1 is 1.35 bits per heavy atom. The van der Waals surface area contributed by atoms with Gasteiger partial charge in [-0.3, -0.25) is 9.59 Å². The molecule has 0 amide bonds. The number of rotatable bonds is 5. The van der Waals surface area contributed by atoms with Gasteiger partial charge in [0.1, 0.15) is 12.4 Å². The summed E-state index contributed by atoms with van der Waals surface area (Å²) >= 11 is 0. The molecule has 0 saturated heterocycles. The summed E-state index contributed by atoms with van der Waals surface area (Å²) in [4.78, 5) is 27.2. The number of carboxylic acids is 1. The van der Waals surface area contributed by atoms with Crippen molar-refractivity contribution in [3.05, 3.63) is 29.6 Å². The molecule has 2 rings (SSSR count). The zero-order valence-electron chi connectivity index (χ0n) is 11.9. The number of aliphatic carboxylic acids is 1. The fourth-order valence-electron chi connectivity index (χ4n) is 2.27. The third kappa shape index (κ3) is 2.57. The Balaban J connectivity index is 2.61. The summed E-state index contributed by atoms with van der Waals surface area (Å²) in [6, 6.07) is 5.25. The summed E-state index contributed by atoms with van der Waals surface area (Å²) < 4.78 is 1.70. The maximum Gasteiger partial charge on any atom is 0.323 e. The topological polar surface area (TPSA) is 72.2 Å². The zero-order chi connectivity index (χ0) is 14.9. The van der Waals surface area contributed by atoms with E-state index >= 15 is 0 Å². The minimum absolute atomic E-state index is 0.0609. The second-order valence-electron chi connectivity index (χ2n) is 5.08. The van der Waals surface area contributed by atoms with Crippen LogP contribution in [0.15, 0.2) is 18.2 Å². The SMILES string of the molecule is CCC(=O)c1ccc2c(c1)nc(C(C)C)n2CC(=O)O. The lowest BCUT2D eigenvalue weighted by Crippen LogP contribution is -2.12. The Labute approximate surface area is 117 Å². The van der Waals surface area contributed by atoms with Crippen LogP contribution in [0.4, 0.5) is 0 Å². The van der Waals surface area contributed by atoms with Gasteiger partial charge >= 0.3 is 5.97 Å². The van der Waals surface area contributed by atoms with E-state index in [1.165, 1.54) is 0 Å². The molecule has 1 aromatic heterocycles. The van der Waals surface area contributed by atoms with Gasteiger partial charge in [-0.25, -0.2) is 4.98 Å². The molecule has 106 valence electrons. The van der Waals surface area contributed by atoms with Crippen LogP contribution < -0.4 is 0 Å². The van der Waals surface area contributed by atoms with Crippen LogP contribution in [-0.4, -0.2) is 26.4 Å². The van der Waals surface area contributed by atoms with Crippen LogP contribution in [0.5, 0.6) is 0 Å². The second-order valence-corrected chi connectivity index (χ2v) is 5.08. The molecule has 1 N–H and O–H groups in total. The third-order valence-electron chi connectivity index (χ3n) is 3.23. The molecule has 0 aliphatic heterocycles. The molecule has 1 aromatic carbocycles. The molecule has 2 aromatic rings. The number of carbonyl (C=O) groups excluding carboxylic acids is 1. The number of nitrogens with zero attached hydrogens (tertiary/aromatic N) is 2. The first kappa shape index (κ1) is 14.2. The fourth-order valence-corrected chi connectivity index (χ4v) is 2.27. The van der Waals surface area contributed by atoms with Crippen LogP contribution in [-0.2, 0) is 11.3 Å². The smallest absolute Gasteiger partial charge is 0.323 e. The molecule has 0 unspecified atom stereocenters. The molecule has 1 heterocycles. The van der Waals surface area contributed by atoms with Crippen LogP contribution in [0.1, 0.15) is 49.3 Å². The average Bonchev–Trinajstić information content (AvgIpc) is 2.75. The van der Waals surface area contributed by atoms with Gasteiger partial charge in [-0.1, -0.05) is 20.8 Å². The molecule has 0 saturated carbocycles. The Bertz CT molecular complexity index is 671. The van der Waals surface area contributed by atoms with Crippen molar-refractivity contribution in [2.24, 2.45) is 0 Å². The first-order chi connectivity index (χ1) is 9.43. The number of hydrogen-bond acceptors (Lipinski definition) is 3. The van der Waals surface area contributed by atoms with Gasteiger partial charge < -0.3 is 9.67 Å². The van der Waals surface area contributed by atoms with Gasteiger partial charge in [0.05, 0.1) is 11.0 Å². The van der Waals surface area contributed by atoms with E-state index in [1.54, 1.807) is 22.8 Å². The second kappa shape index (κ2) is 5.45. The summed E-state index contributed by atoms with van der Waals surface area (Å²) in [5, 5.41) is 9.03. The molecule has 5 nitrogen and oxygen atoms in total. The van der Waals surface area contributed by atoms with Crippen molar-refractivity contribution in [2.45, 2.75) is 39.7 Å². The first-order valence-electron chi connectivity index (χ1n) is 6.69. The largest absolute Gasteiger partial charge is 0.480 e. The Morgan fingerprint density at radius 2 is 2.05 bits per heavy atom. The van der Waals surface area contributed by atoms with Crippen molar-refractivity contribution in [1.29, 1.82) is 0 Å². The number of carboxylic acid groups (broad SMARTS) is 1. The lowest BCUT2D eigenvalue weighted by atomic mass is 10.1. The average molecular weight is 274 g/mol. The summed E-state index contributed by atoms with van der Waals surface area (Å²) in [6.07, 6.45) is 0.443. The molecule has 0 aliphatic rings. The minimum Gasteiger partial charge on any atom is -0.480 e. The number of fused-ring (bicyclic) bond motifs is 1. The summed E-state index contributed by atoms with van der Waals surface area (Å²) in [6.45, 7) is 5.63. The predicted octanol–water partition coefficient (Wildman–Crippen LogP) is 2.84. The molecular formula is C15H18N2O3. The van der Waals surface area contributed by atoms with Crippen LogP contribution in [0.25, 0.3) is 11.0 Å². The van der Waals surface area contributed by atoms with E-state index in [4.69, 9.17) is 5.11 Å². The molecule has 0 atom stereocenters. The summed E-state index contributed by atoms with van der Waals surface area (Å²) in [5.74, 6) is 0.00117. The van der Waals surface area contributed by atoms with Gasteiger partial charge in [0.2, 0.25) is 0 Å². The molecular weight excluding hydrogens is 256 g/mol. The zero-order valence-corrected chi connectivity index (χ0v) is 11.9. The maximum absolute atomic E-state index is 11.7. The van der Waals surface area contributed by atoms with Gasteiger partial charge in [0.25, 0.3) is 0 Å². The minimum atomic E-state index is -0.903. The first-order valence-corrected chi connectivity index (χ1v) is 6.69. The summed E-state index contributed by atoms with van der Waals surface area (Å²) in [7, 11) is 0. The van der Waals surface area contributed by atoms with E-state index in [0.29, 0.717) is 17.5 Å². The van der Waals surface area contributed by atoms with E-state index in [-0.39, 0.29) is 18.2 Å². The van der Waals surface area contributed by atoms with Crippen molar-refractivity contribution in [3.8, 4) is 0 Å². The number of aromatic nitrogens is 2.